The monoisotopic (exact) mass is 649 g/mol. The molecule has 1 aromatic heterocycles. The van der Waals surface area contributed by atoms with Gasteiger partial charge in [0, 0.05) is 61.4 Å². The molecule has 1 aromatic rings. The van der Waals surface area contributed by atoms with Crippen LogP contribution in [0.5, 0.6) is 0 Å². The zero-order valence-corrected chi connectivity index (χ0v) is 28.7. The van der Waals surface area contributed by atoms with Crippen LogP contribution < -0.4 is 0 Å². The number of hydrogen-bond acceptors (Lipinski definition) is 8. The maximum Gasteiger partial charge on any atom is 0.410 e. The van der Waals surface area contributed by atoms with E-state index in [1.54, 1.807) is 24.1 Å². The summed E-state index contributed by atoms with van der Waals surface area (Å²) in [7, 11) is 0. The summed E-state index contributed by atoms with van der Waals surface area (Å²) in [4.78, 5) is 35.0. The molecule has 1 aliphatic carbocycles. The van der Waals surface area contributed by atoms with Gasteiger partial charge in [-0.2, -0.15) is 0 Å². The van der Waals surface area contributed by atoms with Crippen molar-refractivity contribution in [2.45, 2.75) is 121 Å². The third kappa shape index (κ3) is 9.12. The second kappa shape index (κ2) is 15.5. The molecule has 0 unspecified atom stereocenters. The molecular formula is C38H55N3O6. The highest BCUT2D eigenvalue weighted by atomic mass is 16.6. The topological polar surface area (TPSA) is 112 Å². The van der Waals surface area contributed by atoms with Gasteiger partial charge >= 0.3 is 12.1 Å². The van der Waals surface area contributed by atoms with Crippen LogP contribution in [0.1, 0.15) is 97.1 Å². The number of aromatic nitrogens is 1. The van der Waals surface area contributed by atoms with Crippen molar-refractivity contribution >= 4 is 12.1 Å². The number of hydrogen-bond donors (Lipinski definition) is 2. The van der Waals surface area contributed by atoms with Gasteiger partial charge in [0.15, 0.2) is 6.10 Å². The molecule has 1 spiro atoms. The van der Waals surface area contributed by atoms with Gasteiger partial charge in [0.25, 0.3) is 0 Å². The first-order valence-corrected chi connectivity index (χ1v) is 17.7. The van der Waals surface area contributed by atoms with E-state index in [0.29, 0.717) is 19.1 Å². The van der Waals surface area contributed by atoms with Crippen molar-refractivity contribution in [3.05, 3.63) is 66.0 Å². The van der Waals surface area contributed by atoms with E-state index in [2.05, 4.69) is 16.8 Å². The molecule has 3 fully saturated rings. The molecule has 9 nitrogen and oxygen atoms in total. The maximum atomic E-state index is 13.4. The Bertz CT molecular complexity index is 1290. The smallest absolute Gasteiger partial charge is 0.410 e. The molecular weight excluding hydrogens is 594 g/mol. The number of carbonyl (C=O) groups is 2. The number of likely N-dealkylation sites (tertiary alicyclic amines) is 2. The third-order valence-corrected chi connectivity index (χ3v) is 10.6. The lowest BCUT2D eigenvalue weighted by Gasteiger charge is -2.61. The van der Waals surface area contributed by atoms with Crippen LogP contribution in [0.4, 0.5) is 4.79 Å². The summed E-state index contributed by atoms with van der Waals surface area (Å²) < 4.78 is 11.9. The Morgan fingerprint density at radius 2 is 1.83 bits per heavy atom. The second-order valence-corrected chi connectivity index (χ2v) is 15.0. The Balaban J connectivity index is 1.23. The van der Waals surface area contributed by atoms with Gasteiger partial charge in [-0.1, -0.05) is 69.9 Å². The van der Waals surface area contributed by atoms with E-state index in [4.69, 9.17) is 9.47 Å². The summed E-state index contributed by atoms with van der Waals surface area (Å²) in [6, 6.07) is 6.52. The predicted octanol–water partition coefficient (Wildman–Crippen LogP) is 5.93. The first-order valence-electron chi connectivity index (χ1n) is 17.7. The highest BCUT2D eigenvalue weighted by Crippen LogP contribution is 2.43. The molecule has 6 atom stereocenters. The molecule has 4 heterocycles. The van der Waals surface area contributed by atoms with E-state index in [9.17, 15) is 19.8 Å². The fraction of sp³-hybridized carbons (Fsp3) is 0.658. The summed E-state index contributed by atoms with van der Waals surface area (Å²) in [5.41, 5.74) is 0.523. The number of aliphatic hydroxyl groups is 2. The van der Waals surface area contributed by atoms with Crippen molar-refractivity contribution in [1.29, 1.82) is 0 Å². The van der Waals surface area contributed by atoms with Crippen molar-refractivity contribution in [3.8, 4) is 0 Å². The number of amides is 1. The van der Waals surface area contributed by atoms with E-state index >= 15 is 0 Å². The van der Waals surface area contributed by atoms with E-state index in [1.807, 2.05) is 56.4 Å². The number of rotatable bonds is 6. The maximum absolute atomic E-state index is 13.4. The van der Waals surface area contributed by atoms with E-state index in [-0.39, 0.29) is 36.5 Å². The minimum absolute atomic E-state index is 0.107. The molecule has 2 N–H and O–H groups in total. The van der Waals surface area contributed by atoms with Crippen molar-refractivity contribution in [1.82, 2.24) is 14.8 Å². The highest BCUT2D eigenvalue weighted by molar-refractivity contribution is 5.71. The van der Waals surface area contributed by atoms with Gasteiger partial charge in [0.1, 0.15) is 11.7 Å². The van der Waals surface area contributed by atoms with Gasteiger partial charge in [-0.3, -0.25) is 14.7 Å². The Hall–Kier alpha value is -3.01. The molecule has 5 rings (SSSR count). The van der Waals surface area contributed by atoms with Crippen LogP contribution in [0.3, 0.4) is 0 Å². The SMILES string of the molecule is C/C(=C\C=C\[C@H](C)c1ccccn1)[C@H]1OC(=O)C[C@@H](O)CC[C@](C)(O)[C@@H](OC(=O)N2CC3(C2)CN(C2CCCCCC2)C3)/C=C/[C@@H]1C. The quantitative estimate of drug-likeness (QED) is 0.169. The molecule has 1 amide bonds. The highest BCUT2D eigenvalue weighted by Gasteiger charge is 2.55. The number of ether oxygens (including phenoxy) is 2. The lowest BCUT2D eigenvalue weighted by Crippen LogP contribution is -2.74. The van der Waals surface area contributed by atoms with Crippen LogP contribution in [0.25, 0.3) is 0 Å². The molecule has 1 saturated carbocycles. The van der Waals surface area contributed by atoms with Gasteiger partial charge in [-0.05, 0) is 63.3 Å². The van der Waals surface area contributed by atoms with Crippen LogP contribution in [-0.4, -0.2) is 93.2 Å². The Morgan fingerprint density at radius 1 is 1.11 bits per heavy atom. The molecule has 2 saturated heterocycles. The van der Waals surface area contributed by atoms with Gasteiger partial charge in [0.05, 0.1) is 12.5 Å². The average Bonchev–Trinajstić information content (AvgIpc) is 3.28. The molecule has 9 heteroatoms. The van der Waals surface area contributed by atoms with Gasteiger partial charge in [0.2, 0.25) is 0 Å². The van der Waals surface area contributed by atoms with Gasteiger partial charge < -0.3 is 24.6 Å². The molecule has 0 aromatic carbocycles. The van der Waals surface area contributed by atoms with Gasteiger partial charge in [-0.15, -0.1) is 0 Å². The number of nitrogens with zero attached hydrogens (tertiary/aromatic N) is 3. The third-order valence-electron chi connectivity index (χ3n) is 10.6. The summed E-state index contributed by atoms with van der Waals surface area (Å²) in [5, 5.41) is 22.1. The number of aliphatic hydroxyl groups excluding tert-OH is 1. The van der Waals surface area contributed by atoms with Crippen LogP contribution in [-0.2, 0) is 14.3 Å². The van der Waals surface area contributed by atoms with Gasteiger partial charge in [-0.25, -0.2) is 4.79 Å². The van der Waals surface area contributed by atoms with Crippen LogP contribution >= 0.6 is 0 Å². The van der Waals surface area contributed by atoms with Crippen molar-refractivity contribution in [2.75, 3.05) is 26.2 Å². The minimum atomic E-state index is -1.43. The molecule has 3 aliphatic heterocycles. The minimum Gasteiger partial charge on any atom is -0.457 e. The predicted molar refractivity (Wildman–Crippen MR) is 182 cm³/mol. The number of pyridine rings is 1. The van der Waals surface area contributed by atoms with E-state index in [1.165, 1.54) is 38.5 Å². The molecule has 0 bridgehead atoms. The first kappa shape index (κ1) is 35.3. The summed E-state index contributed by atoms with van der Waals surface area (Å²) in [5.74, 6) is -0.678. The zero-order chi connectivity index (χ0) is 33.6. The van der Waals surface area contributed by atoms with E-state index in [0.717, 1.165) is 24.4 Å². The summed E-state index contributed by atoms with van der Waals surface area (Å²) >= 11 is 0. The van der Waals surface area contributed by atoms with Crippen molar-refractivity contribution < 1.29 is 29.3 Å². The Labute approximate surface area is 280 Å². The molecule has 4 aliphatic rings. The summed E-state index contributed by atoms with van der Waals surface area (Å²) in [6.07, 6.45) is 16.3. The number of carbonyl (C=O) groups excluding carboxylic acids is 2. The first-order chi connectivity index (χ1) is 22.4. The fourth-order valence-electron chi connectivity index (χ4n) is 7.64. The standard InChI is InChI=1S/C38H55N3O6/c1-27(32-16-9-10-21-39-32)12-11-13-28(2)35-29(3)17-18-33(37(4,45)20-19-31(42)22-34(43)47-35)46-36(44)41-25-38(26-41)23-40(24-38)30-14-7-5-6-8-15-30/h9-13,16-18,21,27,29-31,33,35,42,45H,5-8,14-15,19-20,22-26H2,1-4H3/b12-11+,18-17+,28-13+/t27-,29-,31-,33-,35+,37-/m0/s1. The van der Waals surface area contributed by atoms with Crippen molar-refractivity contribution in [3.63, 3.8) is 0 Å². The fourth-order valence-corrected chi connectivity index (χ4v) is 7.64. The summed E-state index contributed by atoms with van der Waals surface area (Å²) in [6.45, 7) is 11.0. The molecule has 0 radical (unpaired) electrons. The average molecular weight is 650 g/mol. The number of allylic oxidation sites excluding steroid dienone is 3. The lowest BCUT2D eigenvalue weighted by molar-refractivity contribution is -0.151. The Kier molecular flexibility index (Phi) is 11.6. The molecule has 47 heavy (non-hydrogen) atoms. The largest absolute Gasteiger partial charge is 0.457 e. The van der Waals surface area contributed by atoms with Crippen molar-refractivity contribution in [2.24, 2.45) is 11.3 Å². The normalized spacial score (nSPS) is 32.7. The number of cyclic esters (lactones) is 1. The Morgan fingerprint density at radius 3 is 2.51 bits per heavy atom. The molecule has 258 valence electrons. The second-order valence-electron chi connectivity index (χ2n) is 15.0. The van der Waals surface area contributed by atoms with Crippen LogP contribution in [0, 0.1) is 11.3 Å². The van der Waals surface area contributed by atoms with Crippen LogP contribution in [0.2, 0.25) is 0 Å². The zero-order valence-electron chi connectivity index (χ0n) is 28.7. The lowest BCUT2D eigenvalue weighted by atomic mass is 9.72. The number of esters is 1. The van der Waals surface area contributed by atoms with E-state index < -0.39 is 36.0 Å². The van der Waals surface area contributed by atoms with Crippen LogP contribution in [0.15, 0.2) is 60.3 Å².